The van der Waals surface area contributed by atoms with Crippen LogP contribution in [0.2, 0.25) is 0 Å². The maximum Gasteiger partial charge on any atom is 0.239 e. The molecule has 96 valence electrons. The molecular formula is C14H24N2O. The Labute approximate surface area is 104 Å². The molecule has 0 aromatic carbocycles. The Morgan fingerprint density at radius 3 is 2.71 bits per heavy atom. The van der Waals surface area contributed by atoms with Gasteiger partial charge in [-0.15, -0.1) is 0 Å². The van der Waals surface area contributed by atoms with Crippen molar-refractivity contribution in [3.8, 4) is 0 Å². The first-order valence-corrected chi connectivity index (χ1v) is 7.30. The maximum absolute atomic E-state index is 12.4. The van der Waals surface area contributed by atoms with E-state index in [1.165, 1.54) is 38.5 Å². The Morgan fingerprint density at radius 2 is 2.06 bits per heavy atom. The number of nitrogens with zero attached hydrogens (tertiary/aromatic N) is 1. The number of rotatable bonds is 5. The van der Waals surface area contributed by atoms with E-state index in [2.05, 4.69) is 17.1 Å². The number of hydrogen-bond donors (Lipinski definition) is 1. The molecule has 2 atom stereocenters. The van der Waals surface area contributed by atoms with Crippen LogP contribution in [0.15, 0.2) is 0 Å². The van der Waals surface area contributed by atoms with Gasteiger partial charge in [-0.05, 0) is 44.9 Å². The quantitative estimate of drug-likeness (QED) is 0.791. The van der Waals surface area contributed by atoms with E-state index in [4.69, 9.17) is 0 Å². The molecule has 3 aliphatic rings. The highest BCUT2D eigenvalue weighted by Crippen LogP contribution is 2.35. The van der Waals surface area contributed by atoms with E-state index >= 15 is 0 Å². The summed E-state index contributed by atoms with van der Waals surface area (Å²) >= 11 is 0. The highest BCUT2D eigenvalue weighted by molar-refractivity contribution is 5.83. The summed E-state index contributed by atoms with van der Waals surface area (Å²) in [6, 6.07) is 1.22. The maximum atomic E-state index is 12.4. The molecule has 2 aliphatic carbocycles. The smallest absolute Gasteiger partial charge is 0.239 e. The van der Waals surface area contributed by atoms with Crippen molar-refractivity contribution in [2.45, 2.75) is 70.0 Å². The lowest BCUT2D eigenvalue weighted by atomic mass is 10.0. The van der Waals surface area contributed by atoms with Crippen LogP contribution in [0.4, 0.5) is 0 Å². The highest BCUT2D eigenvalue weighted by atomic mass is 16.2. The highest BCUT2D eigenvalue weighted by Gasteiger charge is 2.36. The van der Waals surface area contributed by atoms with Crippen LogP contribution in [0.3, 0.4) is 0 Å². The van der Waals surface area contributed by atoms with Gasteiger partial charge >= 0.3 is 0 Å². The largest absolute Gasteiger partial charge is 0.339 e. The molecule has 3 nitrogen and oxygen atoms in total. The lowest BCUT2D eigenvalue weighted by molar-refractivity contribution is -0.138. The van der Waals surface area contributed by atoms with Gasteiger partial charge in [0, 0.05) is 18.6 Å². The van der Waals surface area contributed by atoms with Crippen molar-refractivity contribution in [2.75, 3.05) is 6.54 Å². The van der Waals surface area contributed by atoms with Gasteiger partial charge in [-0.1, -0.05) is 12.8 Å². The molecule has 1 heterocycles. The van der Waals surface area contributed by atoms with Crippen molar-refractivity contribution in [3.05, 3.63) is 0 Å². The molecule has 1 saturated heterocycles. The van der Waals surface area contributed by atoms with E-state index in [1.54, 1.807) is 0 Å². The van der Waals surface area contributed by atoms with Crippen LogP contribution in [0.25, 0.3) is 0 Å². The lowest BCUT2D eigenvalue weighted by Crippen LogP contribution is -2.54. The van der Waals surface area contributed by atoms with Gasteiger partial charge in [0.1, 0.15) is 0 Å². The normalized spacial score (nSPS) is 31.7. The number of carbonyl (C=O) groups is 1. The Kier molecular flexibility index (Phi) is 3.12. The fourth-order valence-electron chi connectivity index (χ4n) is 2.99. The Morgan fingerprint density at radius 1 is 1.29 bits per heavy atom. The average Bonchev–Trinajstić information content (AvgIpc) is 3.16. The summed E-state index contributed by atoms with van der Waals surface area (Å²) in [5, 5.41) is 3.51. The third-order valence-corrected chi connectivity index (χ3v) is 4.39. The molecule has 0 radical (unpaired) electrons. The topological polar surface area (TPSA) is 32.3 Å². The van der Waals surface area contributed by atoms with Crippen molar-refractivity contribution in [2.24, 2.45) is 5.92 Å². The van der Waals surface area contributed by atoms with E-state index in [0.29, 0.717) is 18.0 Å². The van der Waals surface area contributed by atoms with Gasteiger partial charge in [0.25, 0.3) is 0 Å². The van der Waals surface area contributed by atoms with Crippen LogP contribution >= 0.6 is 0 Å². The number of likely N-dealkylation sites (tertiary alicyclic amines) is 1. The van der Waals surface area contributed by atoms with Crippen LogP contribution in [0.1, 0.15) is 51.9 Å². The number of nitrogens with one attached hydrogen (secondary N) is 1. The molecule has 1 aliphatic heterocycles. The fourth-order valence-corrected chi connectivity index (χ4v) is 2.99. The third-order valence-electron chi connectivity index (χ3n) is 4.39. The van der Waals surface area contributed by atoms with Gasteiger partial charge in [0.15, 0.2) is 0 Å². The SMILES string of the molecule is CC(CC1CC1)N1CCCC(NC2CC2)C1=O. The summed E-state index contributed by atoms with van der Waals surface area (Å²) in [4.78, 5) is 14.5. The van der Waals surface area contributed by atoms with Gasteiger partial charge in [0.2, 0.25) is 5.91 Å². The number of piperidine rings is 1. The first-order valence-electron chi connectivity index (χ1n) is 7.30. The first-order chi connectivity index (χ1) is 8.24. The van der Waals surface area contributed by atoms with Gasteiger partial charge in [0.05, 0.1) is 6.04 Å². The minimum Gasteiger partial charge on any atom is -0.339 e. The molecule has 2 unspecified atom stereocenters. The lowest BCUT2D eigenvalue weighted by Gasteiger charge is -2.37. The van der Waals surface area contributed by atoms with Crippen LogP contribution in [-0.2, 0) is 4.79 Å². The molecule has 0 spiro atoms. The number of carbonyl (C=O) groups excluding carboxylic acids is 1. The second-order valence-electron chi connectivity index (χ2n) is 6.20. The standard InChI is InChI=1S/C14H24N2O/c1-10(9-11-4-5-11)16-8-2-3-13(14(16)17)15-12-6-7-12/h10-13,15H,2-9H2,1H3. The van der Waals surface area contributed by atoms with Crippen LogP contribution in [0.5, 0.6) is 0 Å². The Balaban J connectivity index is 1.56. The molecule has 0 aromatic heterocycles. The van der Waals surface area contributed by atoms with Gasteiger partial charge < -0.3 is 10.2 Å². The first kappa shape index (κ1) is 11.5. The van der Waals surface area contributed by atoms with Crippen molar-refractivity contribution in [1.29, 1.82) is 0 Å². The Hall–Kier alpha value is -0.570. The summed E-state index contributed by atoms with van der Waals surface area (Å²) in [7, 11) is 0. The van der Waals surface area contributed by atoms with Crippen molar-refractivity contribution in [1.82, 2.24) is 10.2 Å². The third kappa shape index (κ3) is 2.82. The van der Waals surface area contributed by atoms with Gasteiger partial charge in [-0.3, -0.25) is 4.79 Å². The summed E-state index contributed by atoms with van der Waals surface area (Å²) in [6.07, 6.45) is 8.74. The van der Waals surface area contributed by atoms with E-state index in [9.17, 15) is 4.79 Å². The fraction of sp³-hybridized carbons (Fsp3) is 0.929. The molecule has 1 amide bonds. The molecule has 17 heavy (non-hydrogen) atoms. The molecule has 2 saturated carbocycles. The van der Waals surface area contributed by atoms with E-state index in [0.717, 1.165) is 18.9 Å². The van der Waals surface area contributed by atoms with E-state index < -0.39 is 0 Å². The molecule has 3 heteroatoms. The van der Waals surface area contributed by atoms with Crippen LogP contribution in [-0.4, -0.2) is 35.5 Å². The van der Waals surface area contributed by atoms with Crippen molar-refractivity contribution in [3.63, 3.8) is 0 Å². The monoisotopic (exact) mass is 236 g/mol. The zero-order valence-corrected chi connectivity index (χ0v) is 10.8. The molecule has 1 N–H and O–H groups in total. The van der Waals surface area contributed by atoms with Gasteiger partial charge in [-0.25, -0.2) is 0 Å². The second-order valence-corrected chi connectivity index (χ2v) is 6.20. The van der Waals surface area contributed by atoms with Crippen molar-refractivity contribution >= 4 is 5.91 Å². The average molecular weight is 236 g/mol. The zero-order chi connectivity index (χ0) is 11.8. The molecule has 3 fully saturated rings. The van der Waals surface area contributed by atoms with Gasteiger partial charge in [-0.2, -0.15) is 0 Å². The minimum atomic E-state index is 0.123. The summed E-state index contributed by atoms with van der Waals surface area (Å²) < 4.78 is 0. The van der Waals surface area contributed by atoms with Crippen LogP contribution < -0.4 is 5.32 Å². The molecule has 3 rings (SSSR count). The molecular weight excluding hydrogens is 212 g/mol. The van der Waals surface area contributed by atoms with E-state index in [-0.39, 0.29) is 6.04 Å². The minimum absolute atomic E-state index is 0.123. The summed E-state index contributed by atoms with van der Waals surface area (Å²) in [5.41, 5.74) is 0. The Bertz CT molecular complexity index is 297. The molecule has 0 aromatic rings. The van der Waals surface area contributed by atoms with Crippen LogP contribution in [0, 0.1) is 5.92 Å². The number of hydrogen-bond acceptors (Lipinski definition) is 2. The van der Waals surface area contributed by atoms with Crippen molar-refractivity contribution < 1.29 is 4.79 Å². The predicted octanol–water partition coefficient (Wildman–Crippen LogP) is 1.92. The summed E-state index contributed by atoms with van der Waals surface area (Å²) in [5.74, 6) is 1.28. The predicted molar refractivity (Wildman–Crippen MR) is 67.7 cm³/mol. The summed E-state index contributed by atoms with van der Waals surface area (Å²) in [6.45, 7) is 3.21. The van der Waals surface area contributed by atoms with E-state index in [1.807, 2.05) is 0 Å². The number of amides is 1. The second kappa shape index (κ2) is 4.60. The molecule has 0 bridgehead atoms. The zero-order valence-electron chi connectivity index (χ0n) is 10.8.